The van der Waals surface area contributed by atoms with E-state index >= 15 is 0 Å². The van der Waals surface area contributed by atoms with Gasteiger partial charge in [0.15, 0.2) is 0 Å². The number of thioether (sulfide) groups is 1. The van der Waals surface area contributed by atoms with Crippen molar-refractivity contribution in [2.24, 2.45) is 5.73 Å². The van der Waals surface area contributed by atoms with E-state index in [1.807, 2.05) is 38.1 Å². The van der Waals surface area contributed by atoms with E-state index in [-0.39, 0.29) is 22.8 Å². The first-order valence-electron chi connectivity index (χ1n) is 7.02. The number of hydrogen-bond acceptors (Lipinski definition) is 4. The Morgan fingerprint density at radius 1 is 1.38 bits per heavy atom. The quantitative estimate of drug-likeness (QED) is 0.680. The van der Waals surface area contributed by atoms with Crippen molar-refractivity contribution in [3.63, 3.8) is 0 Å². The maximum Gasteiger partial charge on any atom is 0.234 e. The highest BCUT2D eigenvalue weighted by atomic mass is 32.2. The zero-order valence-electron chi connectivity index (χ0n) is 12.5. The number of nitrogens with one attached hydrogen (secondary N) is 2. The maximum absolute atomic E-state index is 11.9. The molecule has 0 aromatic heterocycles. The van der Waals surface area contributed by atoms with Crippen LogP contribution in [-0.2, 0) is 9.59 Å². The van der Waals surface area contributed by atoms with E-state index in [1.165, 1.54) is 11.8 Å². The molecular weight excluding hydrogens is 286 g/mol. The Morgan fingerprint density at radius 2 is 2.14 bits per heavy atom. The Morgan fingerprint density at radius 3 is 2.76 bits per heavy atom. The summed E-state index contributed by atoms with van der Waals surface area (Å²) in [5.74, 6) is 0.0923. The lowest BCUT2D eigenvalue weighted by Crippen LogP contribution is -2.36. The average Bonchev–Trinajstić information content (AvgIpc) is 2.45. The van der Waals surface area contributed by atoms with Crippen LogP contribution in [0.2, 0.25) is 0 Å². The molecular formula is C15H23N3O2S. The standard InChI is InChI=1S/C15H23N3O2S/c1-3-13(15(20)17-8-7-16)21-10-14(19)18-12-6-4-5-11(2)9-12/h4-6,9,13H,3,7-8,10,16H2,1-2H3,(H,17,20)(H,18,19). The number of nitrogens with two attached hydrogens (primary N) is 1. The molecule has 0 bridgehead atoms. The molecule has 0 radical (unpaired) electrons. The van der Waals surface area contributed by atoms with Gasteiger partial charge in [0.05, 0.1) is 11.0 Å². The SMILES string of the molecule is CCC(SCC(=O)Nc1cccc(C)c1)C(=O)NCCN. The Hall–Kier alpha value is -1.53. The molecule has 1 atom stereocenters. The topological polar surface area (TPSA) is 84.2 Å². The van der Waals surface area contributed by atoms with Gasteiger partial charge in [0, 0.05) is 18.8 Å². The van der Waals surface area contributed by atoms with E-state index in [2.05, 4.69) is 10.6 Å². The first-order valence-corrected chi connectivity index (χ1v) is 8.07. The van der Waals surface area contributed by atoms with Gasteiger partial charge in [-0.1, -0.05) is 19.1 Å². The van der Waals surface area contributed by atoms with Crippen LogP contribution >= 0.6 is 11.8 Å². The summed E-state index contributed by atoms with van der Waals surface area (Å²) in [5.41, 5.74) is 7.22. The third-order valence-electron chi connectivity index (χ3n) is 2.82. The predicted molar refractivity (Wildman–Crippen MR) is 88.4 cm³/mol. The smallest absolute Gasteiger partial charge is 0.234 e. The second kappa shape index (κ2) is 9.41. The van der Waals surface area contributed by atoms with Gasteiger partial charge in [-0.25, -0.2) is 0 Å². The summed E-state index contributed by atoms with van der Waals surface area (Å²) in [6.45, 7) is 4.78. The van der Waals surface area contributed by atoms with Crippen LogP contribution < -0.4 is 16.4 Å². The van der Waals surface area contributed by atoms with E-state index in [4.69, 9.17) is 5.73 Å². The van der Waals surface area contributed by atoms with Gasteiger partial charge >= 0.3 is 0 Å². The molecule has 0 spiro atoms. The van der Waals surface area contributed by atoms with Crippen molar-refractivity contribution >= 4 is 29.3 Å². The fraction of sp³-hybridized carbons (Fsp3) is 0.467. The zero-order valence-corrected chi connectivity index (χ0v) is 13.3. The number of anilines is 1. The van der Waals surface area contributed by atoms with Gasteiger partial charge in [-0.05, 0) is 31.0 Å². The minimum absolute atomic E-state index is 0.0590. The van der Waals surface area contributed by atoms with Crippen LogP contribution in [0.4, 0.5) is 5.69 Å². The van der Waals surface area contributed by atoms with E-state index in [9.17, 15) is 9.59 Å². The van der Waals surface area contributed by atoms with Gasteiger partial charge < -0.3 is 16.4 Å². The molecule has 0 aliphatic rings. The van der Waals surface area contributed by atoms with Crippen LogP contribution in [0.25, 0.3) is 0 Å². The van der Waals surface area contributed by atoms with Crippen LogP contribution in [0.1, 0.15) is 18.9 Å². The Balaban J connectivity index is 2.41. The molecule has 21 heavy (non-hydrogen) atoms. The molecule has 6 heteroatoms. The number of aryl methyl sites for hydroxylation is 1. The molecule has 0 saturated carbocycles. The van der Waals surface area contributed by atoms with E-state index in [1.54, 1.807) is 0 Å². The van der Waals surface area contributed by atoms with Gasteiger partial charge in [-0.2, -0.15) is 0 Å². The summed E-state index contributed by atoms with van der Waals surface area (Å²) in [6.07, 6.45) is 0.679. The van der Waals surface area contributed by atoms with Crippen molar-refractivity contribution in [1.82, 2.24) is 5.32 Å². The molecule has 0 heterocycles. The lowest BCUT2D eigenvalue weighted by Gasteiger charge is -2.14. The minimum Gasteiger partial charge on any atom is -0.354 e. The van der Waals surface area contributed by atoms with E-state index in [0.29, 0.717) is 19.5 Å². The summed E-state index contributed by atoms with van der Waals surface area (Å²) in [5, 5.41) is 5.36. The molecule has 0 aliphatic carbocycles. The lowest BCUT2D eigenvalue weighted by atomic mass is 10.2. The average molecular weight is 309 g/mol. The number of rotatable bonds is 8. The third-order valence-corrected chi connectivity index (χ3v) is 4.20. The third kappa shape index (κ3) is 6.64. The molecule has 5 nitrogen and oxygen atoms in total. The second-order valence-corrected chi connectivity index (χ2v) is 5.90. The number of carbonyl (C=O) groups excluding carboxylic acids is 2. The minimum atomic E-state index is -0.222. The van der Waals surface area contributed by atoms with Gasteiger partial charge in [0.2, 0.25) is 11.8 Å². The Labute approximate surface area is 130 Å². The molecule has 116 valence electrons. The van der Waals surface area contributed by atoms with Gasteiger partial charge in [-0.3, -0.25) is 9.59 Å². The molecule has 2 amide bonds. The summed E-state index contributed by atoms with van der Waals surface area (Å²) >= 11 is 1.35. The normalized spacial score (nSPS) is 11.8. The molecule has 1 aromatic carbocycles. The Kier molecular flexibility index (Phi) is 7.85. The first kappa shape index (κ1) is 17.5. The molecule has 0 aliphatic heterocycles. The summed E-state index contributed by atoms with van der Waals surface area (Å²) in [7, 11) is 0. The van der Waals surface area contributed by atoms with Crippen LogP contribution in [0.5, 0.6) is 0 Å². The van der Waals surface area contributed by atoms with Crippen LogP contribution in [0.15, 0.2) is 24.3 Å². The first-order chi connectivity index (χ1) is 10.1. The predicted octanol–water partition coefficient (Wildman–Crippen LogP) is 1.52. The van der Waals surface area contributed by atoms with Crippen molar-refractivity contribution in [1.29, 1.82) is 0 Å². The summed E-state index contributed by atoms with van der Waals surface area (Å²) in [6, 6.07) is 7.63. The van der Waals surface area contributed by atoms with Gasteiger partial charge in [-0.15, -0.1) is 11.8 Å². The van der Waals surface area contributed by atoms with Crippen molar-refractivity contribution < 1.29 is 9.59 Å². The fourth-order valence-electron chi connectivity index (χ4n) is 1.78. The molecule has 1 aromatic rings. The van der Waals surface area contributed by atoms with Crippen LogP contribution in [-0.4, -0.2) is 35.9 Å². The number of amides is 2. The highest BCUT2D eigenvalue weighted by Gasteiger charge is 2.17. The van der Waals surface area contributed by atoms with Crippen molar-refractivity contribution in [2.75, 3.05) is 24.2 Å². The highest BCUT2D eigenvalue weighted by molar-refractivity contribution is 8.01. The number of hydrogen-bond donors (Lipinski definition) is 3. The highest BCUT2D eigenvalue weighted by Crippen LogP contribution is 2.16. The van der Waals surface area contributed by atoms with Gasteiger partial charge in [0.25, 0.3) is 0 Å². The second-order valence-electron chi connectivity index (χ2n) is 4.71. The fourth-order valence-corrected chi connectivity index (χ4v) is 2.68. The molecule has 0 fully saturated rings. The molecule has 1 unspecified atom stereocenters. The number of carbonyl (C=O) groups is 2. The van der Waals surface area contributed by atoms with Crippen molar-refractivity contribution in [2.45, 2.75) is 25.5 Å². The molecule has 1 rings (SSSR count). The van der Waals surface area contributed by atoms with E-state index in [0.717, 1.165) is 11.3 Å². The van der Waals surface area contributed by atoms with E-state index < -0.39 is 0 Å². The summed E-state index contributed by atoms with van der Waals surface area (Å²) < 4.78 is 0. The largest absolute Gasteiger partial charge is 0.354 e. The van der Waals surface area contributed by atoms with Gasteiger partial charge in [0.1, 0.15) is 0 Å². The van der Waals surface area contributed by atoms with Crippen molar-refractivity contribution in [3.8, 4) is 0 Å². The number of benzene rings is 1. The van der Waals surface area contributed by atoms with Crippen LogP contribution in [0, 0.1) is 6.92 Å². The zero-order chi connectivity index (χ0) is 15.7. The van der Waals surface area contributed by atoms with Crippen molar-refractivity contribution in [3.05, 3.63) is 29.8 Å². The summed E-state index contributed by atoms with van der Waals surface area (Å²) in [4.78, 5) is 23.7. The Bertz CT molecular complexity index is 480. The molecule has 4 N–H and O–H groups in total. The molecule has 0 saturated heterocycles. The lowest BCUT2D eigenvalue weighted by molar-refractivity contribution is -0.120. The maximum atomic E-state index is 11.9. The van der Waals surface area contributed by atoms with Crippen LogP contribution in [0.3, 0.4) is 0 Å². The monoisotopic (exact) mass is 309 g/mol.